The number of ketones is 1. The smallest absolute Gasteiger partial charge is 0.396 e. The summed E-state index contributed by atoms with van der Waals surface area (Å²) in [5, 5.41) is 0. The summed E-state index contributed by atoms with van der Waals surface area (Å²) in [5.74, 6) is -3.19. The minimum atomic E-state index is -5.04. The van der Waals surface area contributed by atoms with Crippen LogP contribution in [0.2, 0.25) is 0 Å². The van der Waals surface area contributed by atoms with E-state index in [9.17, 15) is 22.4 Å². The molecule has 14 heavy (non-hydrogen) atoms. The van der Waals surface area contributed by atoms with E-state index in [-0.39, 0.29) is 0 Å². The number of halogens is 4. The van der Waals surface area contributed by atoms with Crippen LogP contribution in [0.15, 0.2) is 18.2 Å². The zero-order valence-electron chi connectivity index (χ0n) is 6.73. The van der Waals surface area contributed by atoms with Gasteiger partial charge in [-0.1, -0.05) is 6.07 Å². The number of alkyl halides is 3. The van der Waals surface area contributed by atoms with Gasteiger partial charge in [-0.2, -0.15) is 13.2 Å². The number of rotatable bonds is 1. The molecule has 0 amide bonds. The molecular formula is C8H5F4NO. The minimum absolute atomic E-state index is 0.783. The Bertz CT molecular complexity index is 372. The number of Topliss-reactive ketones (excluding diaryl/α,β-unsaturated/α-hetero) is 1. The van der Waals surface area contributed by atoms with Crippen molar-refractivity contribution in [2.24, 2.45) is 0 Å². The second-order valence-electron chi connectivity index (χ2n) is 2.53. The van der Waals surface area contributed by atoms with Gasteiger partial charge in [0.05, 0.1) is 11.3 Å². The molecule has 0 aliphatic heterocycles. The molecule has 1 rings (SSSR count). The van der Waals surface area contributed by atoms with Gasteiger partial charge in [-0.25, -0.2) is 4.39 Å². The molecule has 2 nitrogen and oxygen atoms in total. The Morgan fingerprint density at radius 3 is 2.36 bits per heavy atom. The van der Waals surface area contributed by atoms with Crippen molar-refractivity contribution in [3.05, 3.63) is 29.6 Å². The second kappa shape index (κ2) is 3.28. The standard InChI is InChI=1S/C8H5F4NO/c9-5-3-1-2-4(6(5)13)7(14)8(10,11)12/h1-3H,13H2. The molecule has 76 valence electrons. The van der Waals surface area contributed by atoms with Crippen LogP contribution in [0.4, 0.5) is 23.2 Å². The number of hydrogen-bond acceptors (Lipinski definition) is 2. The monoisotopic (exact) mass is 207 g/mol. The van der Waals surface area contributed by atoms with Gasteiger partial charge in [0, 0.05) is 0 Å². The van der Waals surface area contributed by atoms with Gasteiger partial charge in [0.15, 0.2) is 0 Å². The van der Waals surface area contributed by atoms with Gasteiger partial charge in [-0.05, 0) is 12.1 Å². The SMILES string of the molecule is Nc1c(F)cccc1C(=O)C(F)(F)F. The summed E-state index contributed by atoms with van der Waals surface area (Å²) in [5.41, 5.74) is 3.34. The van der Waals surface area contributed by atoms with Crippen molar-refractivity contribution in [2.75, 3.05) is 5.73 Å². The lowest BCUT2D eigenvalue weighted by molar-refractivity contribution is -0.0884. The maximum atomic E-state index is 12.7. The van der Waals surface area contributed by atoms with Crippen LogP contribution in [0.25, 0.3) is 0 Å². The van der Waals surface area contributed by atoms with E-state index in [0.29, 0.717) is 0 Å². The molecule has 2 N–H and O–H groups in total. The van der Waals surface area contributed by atoms with Crippen LogP contribution in [0.1, 0.15) is 10.4 Å². The third-order valence-electron chi connectivity index (χ3n) is 1.56. The quantitative estimate of drug-likeness (QED) is 0.435. The van der Waals surface area contributed by atoms with Crippen LogP contribution in [0.3, 0.4) is 0 Å². The lowest BCUT2D eigenvalue weighted by Gasteiger charge is -2.07. The summed E-state index contributed by atoms with van der Waals surface area (Å²) in [4.78, 5) is 10.7. The normalized spacial score (nSPS) is 11.4. The van der Waals surface area contributed by atoms with Crippen LogP contribution in [0.5, 0.6) is 0 Å². The van der Waals surface area contributed by atoms with Gasteiger partial charge in [0.25, 0.3) is 5.78 Å². The van der Waals surface area contributed by atoms with Crippen molar-refractivity contribution in [1.29, 1.82) is 0 Å². The third-order valence-corrected chi connectivity index (χ3v) is 1.56. The van der Waals surface area contributed by atoms with E-state index in [0.717, 1.165) is 18.2 Å². The van der Waals surface area contributed by atoms with E-state index in [4.69, 9.17) is 5.73 Å². The predicted molar refractivity (Wildman–Crippen MR) is 41.2 cm³/mol. The molecule has 0 saturated carbocycles. The second-order valence-corrected chi connectivity index (χ2v) is 2.53. The van der Waals surface area contributed by atoms with Gasteiger partial charge in [0.2, 0.25) is 0 Å². The molecule has 1 aromatic carbocycles. The topological polar surface area (TPSA) is 43.1 Å². The number of nitrogen functional groups attached to an aromatic ring is 1. The highest BCUT2D eigenvalue weighted by molar-refractivity contribution is 6.04. The molecule has 1 aromatic rings. The summed E-state index contributed by atoms with van der Waals surface area (Å²) in [6, 6.07) is 2.70. The van der Waals surface area contributed by atoms with Gasteiger partial charge in [-0.3, -0.25) is 4.79 Å². The highest BCUT2D eigenvalue weighted by Crippen LogP contribution is 2.25. The fourth-order valence-electron chi connectivity index (χ4n) is 0.888. The van der Waals surface area contributed by atoms with E-state index in [2.05, 4.69) is 0 Å². The molecule has 0 unspecified atom stereocenters. The van der Waals surface area contributed by atoms with Crippen molar-refractivity contribution in [2.45, 2.75) is 6.18 Å². The first kappa shape index (κ1) is 10.5. The van der Waals surface area contributed by atoms with Crippen LogP contribution >= 0.6 is 0 Å². The Morgan fingerprint density at radius 2 is 1.86 bits per heavy atom. The van der Waals surface area contributed by atoms with Crippen LogP contribution in [-0.4, -0.2) is 12.0 Å². The Labute approximate surface area is 76.3 Å². The number of anilines is 1. The van der Waals surface area contributed by atoms with Crippen molar-refractivity contribution in [3.63, 3.8) is 0 Å². The fourth-order valence-corrected chi connectivity index (χ4v) is 0.888. The third kappa shape index (κ3) is 1.84. The molecule has 0 atom stereocenters. The lowest BCUT2D eigenvalue weighted by Crippen LogP contribution is -2.24. The Hall–Kier alpha value is -1.59. The molecule has 0 heterocycles. The van der Waals surface area contributed by atoms with Gasteiger partial charge < -0.3 is 5.73 Å². The van der Waals surface area contributed by atoms with Crippen molar-refractivity contribution in [1.82, 2.24) is 0 Å². The van der Waals surface area contributed by atoms with Crippen LogP contribution in [0, 0.1) is 5.82 Å². The first-order chi connectivity index (χ1) is 6.34. The van der Waals surface area contributed by atoms with Gasteiger partial charge in [-0.15, -0.1) is 0 Å². The summed E-state index contributed by atoms with van der Waals surface area (Å²) in [7, 11) is 0. The Morgan fingerprint density at radius 1 is 1.29 bits per heavy atom. The first-order valence-electron chi connectivity index (χ1n) is 3.49. The predicted octanol–water partition coefficient (Wildman–Crippen LogP) is 2.15. The van der Waals surface area contributed by atoms with Gasteiger partial charge >= 0.3 is 6.18 Å². The largest absolute Gasteiger partial charge is 0.454 e. The number of carbonyl (C=O) groups excluding carboxylic acids is 1. The molecule has 0 saturated heterocycles. The molecule has 0 radical (unpaired) electrons. The highest BCUT2D eigenvalue weighted by atomic mass is 19.4. The Balaban J connectivity index is 3.21. The number of benzene rings is 1. The molecular weight excluding hydrogens is 202 g/mol. The minimum Gasteiger partial charge on any atom is -0.396 e. The number of para-hydroxylation sites is 1. The molecule has 0 fully saturated rings. The first-order valence-corrected chi connectivity index (χ1v) is 3.49. The van der Waals surface area contributed by atoms with Crippen LogP contribution < -0.4 is 5.73 Å². The molecule has 6 heteroatoms. The van der Waals surface area contributed by atoms with E-state index in [1.54, 1.807) is 0 Å². The molecule has 0 aliphatic rings. The maximum Gasteiger partial charge on any atom is 0.454 e. The van der Waals surface area contributed by atoms with Crippen LogP contribution in [-0.2, 0) is 0 Å². The summed E-state index contributed by atoms with van der Waals surface area (Å²) in [6.07, 6.45) is -5.04. The average molecular weight is 207 g/mol. The summed E-state index contributed by atoms with van der Waals surface area (Å²) in [6.45, 7) is 0. The van der Waals surface area contributed by atoms with E-state index in [1.807, 2.05) is 0 Å². The van der Waals surface area contributed by atoms with E-state index < -0.39 is 29.0 Å². The zero-order chi connectivity index (χ0) is 10.9. The molecule has 0 aromatic heterocycles. The van der Waals surface area contributed by atoms with E-state index >= 15 is 0 Å². The molecule has 0 aliphatic carbocycles. The zero-order valence-corrected chi connectivity index (χ0v) is 6.73. The average Bonchev–Trinajstić information content (AvgIpc) is 2.07. The summed E-state index contributed by atoms with van der Waals surface area (Å²) < 4.78 is 48.4. The molecule has 0 spiro atoms. The molecule has 0 bridgehead atoms. The fraction of sp³-hybridized carbons (Fsp3) is 0.125. The Kier molecular flexibility index (Phi) is 2.46. The van der Waals surface area contributed by atoms with Crippen molar-refractivity contribution < 1.29 is 22.4 Å². The highest BCUT2D eigenvalue weighted by Gasteiger charge is 2.40. The number of hydrogen-bond donors (Lipinski definition) is 1. The van der Waals surface area contributed by atoms with E-state index in [1.165, 1.54) is 0 Å². The number of nitrogens with two attached hydrogens (primary N) is 1. The van der Waals surface area contributed by atoms with Gasteiger partial charge in [0.1, 0.15) is 5.82 Å². The lowest BCUT2D eigenvalue weighted by atomic mass is 10.1. The van der Waals surface area contributed by atoms with Crippen molar-refractivity contribution >= 4 is 11.5 Å². The summed E-state index contributed by atoms with van der Waals surface area (Å²) >= 11 is 0. The van der Waals surface area contributed by atoms with Crippen molar-refractivity contribution in [3.8, 4) is 0 Å². The number of carbonyl (C=O) groups is 1. The maximum absolute atomic E-state index is 12.7.